The topological polar surface area (TPSA) is 62.1 Å². The Morgan fingerprint density at radius 1 is 1.12 bits per heavy atom. The zero-order valence-electron chi connectivity index (χ0n) is 17.1. The molecule has 7 heteroatoms. The van der Waals surface area contributed by atoms with E-state index in [0.717, 1.165) is 29.6 Å². The second-order valence-corrected chi connectivity index (χ2v) is 9.77. The van der Waals surface area contributed by atoms with Crippen molar-refractivity contribution in [2.24, 2.45) is 0 Å². The summed E-state index contributed by atoms with van der Waals surface area (Å²) >= 11 is 10.3. The number of halogens is 3. The van der Waals surface area contributed by atoms with Crippen LogP contribution in [0.4, 0.5) is 0 Å². The van der Waals surface area contributed by atoms with Gasteiger partial charge in [-0.1, -0.05) is 54.1 Å². The van der Waals surface area contributed by atoms with Crippen LogP contribution in [0.15, 0.2) is 72.3 Å². The van der Waals surface area contributed by atoms with Gasteiger partial charge in [0.05, 0.1) is 13.2 Å². The van der Waals surface area contributed by atoms with Crippen molar-refractivity contribution >= 4 is 68.8 Å². The Bertz CT molecular complexity index is 1150. The number of nitrogens with zero attached hydrogens (tertiary/aromatic N) is 1. The van der Waals surface area contributed by atoms with E-state index in [4.69, 9.17) is 16.3 Å². The van der Waals surface area contributed by atoms with E-state index in [2.05, 4.69) is 50.5 Å². The predicted molar refractivity (Wildman–Crippen MR) is 144 cm³/mol. The van der Waals surface area contributed by atoms with Crippen molar-refractivity contribution in [2.45, 2.75) is 19.6 Å². The lowest BCUT2D eigenvalue weighted by atomic mass is 10.1. The summed E-state index contributed by atoms with van der Waals surface area (Å²) in [4.78, 5) is 12.6. The largest absolute Gasteiger partial charge is 0.487 e. The monoisotopic (exact) mass is 668 g/mol. The number of ether oxygens (including phenoxy) is 1. The fourth-order valence-corrected chi connectivity index (χ4v) is 5.21. The molecule has 1 atom stereocenters. The first-order valence-corrected chi connectivity index (χ1v) is 12.2. The molecule has 0 unspecified atom stereocenters. The minimum Gasteiger partial charge on any atom is -0.487 e. The summed E-state index contributed by atoms with van der Waals surface area (Å²) in [6.07, 6.45) is 1.60. The minimum atomic E-state index is -0.406. The highest BCUT2D eigenvalue weighted by Gasteiger charge is 2.15. The van der Waals surface area contributed by atoms with Gasteiger partial charge in [0.1, 0.15) is 24.0 Å². The smallest absolute Gasteiger partial charge is 0.262 e. The molecule has 1 N–H and O–H groups in total. The third-order valence-corrected chi connectivity index (χ3v) is 6.49. The van der Waals surface area contributed by atoms with E-state index in [1.165, 1.54) is 0 Å². The summed E-state index contributed by atoms with van der Waals surface area (Å²) in [5.41, 5.74) is 2.80. The van der Waals surface area contributed by atoms with E-state index in [1.807, 2.05) is 79.7 Å². The maximum atomic E-state index is 12.6. The third-order valence-electron chi connectivity index (χ3n) is 4.64. The van der Waals surface area contributed by atoms with Crippen molar-refractivity contribution in [2.75, 3.05) is 0 Å². The van der Waals surface area contributed by atoms with Crippen LogP contribution in [0.2, 0.25) is 5.02 Å². The molecule has 0 aromatic heterocycles. The van der Waals surface area contributed by atoms with Crippen molar-refractivity contribution in [1.29, 1.82) is 5.26 Å². The summed E-state index contributed by atoms with van der Waals surface area (Å²) in [6.45, 7) is 2.31. The molecule has 0 spiro atoms. The lowest BCUT2D eigenvalue weighted by molar-refractivity contribution is -0.117. The number of carbonyl (C=O) groups excluding carboxylic acids is 1. The highest BCUT2D eigenvalue weighted by molar-refractivity contribution is 14.1. The van der Waals surface area contributed by atoms with Crippen LogP contribution >= 0.6 is 56.8 Å². The summed E-state index contributed by atoms with van der Waals surface area (Å²) in [6, 6.07) is 22.7. The Balaban J connectivity index is 1.74. The Kier molecular flexibility index (Phi) is 8.96. The molecular formula is C25H19ClI2N2O2. The normalized spacial score (nSPS) is 12.0. The minimum absolute atomic E-state index is 0.0502. The lowest BCUT2D eigenvalue weighted by Gasteiger charge is -2.14. The van der Waals surface area contributed by atoms with Crippen LogP contribution in [-0.2, 0) is 11.4 Å². The molecule has 0 saturated heterocycles. The quantitative estimate of drug-likeness (QED) is 0.169. The van der Waals surface area contributed by atoms with Gasteiger partial charge < -0.3 is 10.1 Å². The zero-order valence-corrected chi connectivity index (χ0v) is 22.2. The van der Waals surface area contributed by atoms with Crippen LogP contribution in [-0.4, -0.2) is 5.91 Å². The first kappa shape index (κ1) is 24.6. The van der Waals surface area contributed by atoms with Gasteiger partial charge in [0.25, 0.3) is 5.91 Å². The van der Waals surface area contributed by atoms with E-state index in [-0.39, 0.29) is 11.6 Å². The van der Waals surface area contributed by atoms with Crippen molar-refractivity contribution in [3.05, 3.63) is 101 Å². The average molecular weight is 669 g/mol. The molecule has 0 saturated carbocycles. The molecule has 0 aliphatic rings. The first-order valence-electron chi connectivity index (χ1n) is 9.71. The van der Waals surface area contributed by atoms with Crippen LogP contribution in [0, 0.1) is 18.5 Å². The first-order chi connectivity index (χ1) is 15.4. The van der Waals surface area contributed by atoms with Crippen LogP contribution < -0.4 is 10.1 Å². The molecule has 0 fully saturated rings. The van der Waals surface area contributed by atoms with Gasteiger partial charge in [0.15, 0.2) is 0 Å². The highest BCUT2D eigenvalue weighted by atomic mass is 127. The van der Waals surface area contributed by atoms with Gasteiger partial charge in [-0.15, -0.1) is 0 Å². The number of rotatable bonds is 7. The maximum Gasteiger partial charge on any atom is 0.262 e. The van der Waals surface area contributed by atoms with Crippen molar-refractivity contribution < 1.29 is 9.53 Å². The van der Waals surface area contributed by atoms with Crippen molar-refractivity contribution in [3.8, 4) is 11.8 Å². The SMILES string of the molecule is C[C@@H](NC(=O)/C(C#N)=C\c1cc(I)c(OCc2ccc(Cl)cc2)c(I)c1)c1ccccc1. The van der Waals surface area contributed by atoms with E-state index in [1.54, 1.807) is 6.08 Å². The third kappa shape index (κ3) is 6.70. The lowest BCUT2D eigenvalue weighted by Crippen LogP contribution is -2.27. The molecule has 4 nitrogen and oxygen atoms in total. The van der Waals surface area contributed by atoms with E-state index in [0.29, 0.717) is 11.6 Å². The van der Waals surface area contributed by atoms with Crippen LogP contribution in [0.25, 0.3) is 6.08 Å². The van der Waals surface area contributed by atoms with Gasteiger partial charge in [0.2, 0.25) is 0 Å². The van der Waals surface area contributed by atoms with Gasteiger partial charge in [-0.2, -0.15) is 5.26 Å². The maximum absolute atomic E-state index is 12.6. The van der Waals surface area contributed by atoms with Gasteiger partial charge in [-0.05, 0) is 99.1 Å². The van der Waals surface area contributed by atoms with Gasteiger partial charge in [-0.3, -0.25) is 4.79 Å². The number of amides is 1. The Morgan fingerprint density at radius 3 is 2.34 bits per heavy atom. The molecule has 0 bridgehead atoms. The van der Waals surface area contributed by atoms with Crippen molar-refractivity contribution in [3.63, 3.8) is 0 Å². The Labute approximate surface area is 219 Å². The molecule has 3 aromatic rings. The van der Waals surface area contributed by atoms with Crippen LogP contribution in [0.3, 0.4) is 0 Å². The molecule has 0 radical (unpaired) electrons. The molecule has 162 valence electrons. The molecular weight excluding hydrogens is 650 g/mol. The molecule has 0 heterocycles. The highest BCUT2D eigenvalue weighted by Crippen LogP contribution is 2.30. The molecule has 0 aliphatic heterocycles. The van der Waals surface area contributed by atoms with Crippen LogP contribution in [0.5, 0.6) is 5.75 Å². The van der Waals surface area contributed by atoms with Crippen LogP contribution in [0.1, 0.15) is 29.7 Å². The number of hydrogen-bond acceptors (Lipinski definition) is 3. The molecule has 3 rings (SSSR count). The molecule has 32 heavy (non-hydrogen) atoms. The standard InChI is InChI=1S/C25H19ClI2N2O2/c1-16(19-5-3-2-4-6-19)30-25(31)20(14-29)11-18-12-22(27)24(23(28)13-18)32-15-17-7-9-21(26)10-8-17/h2-13,16H,15H2,1H3,(H,30,31)/b20-11-/t16-/m1/s1. The average Bonchev–Trinajstić information content (AvgIpc) is 2.78. The number of nitrogens with one attached hydrogen (secondary N) is 1. The van der Waals surface area contributed by atoms with E-state index < -0.39 is 5.91 Å². The zero-order chi connectivity index (χ0) is 23.1. The summed E-state index contributed by atoms with van der Waals surface area (Å²) in [5, 5.41) is 13.1. The summed E-state index contributed by atoms with van der Waals surface area (Å²) in [7, 11) is 0. The second-order valence-electron chi connectivity index (χ2n) is 7.00. The molecule has 1 amide bonds. The summed E-state index contributed by atoms with van der Waals surface area (Å²) in [5.74, 6) is 0.357. The van der Waals surface area contributed by atoms with Gasteiger partial charge in [-0.25, -0.2) is 0 Å². The number of nitriles is 1. The summed E-state index contributed by atoms with van der Waals surface area (Å²) < 4.78 is 7.79. The second kappa shape index (κ2) is 11.7. The number of hydrogen-bond donors (Lipinski definition) is 1. The fourth-order valence-electron chi connectivity index (χ4n) is 2.95. The van der Waals surface area contributed by atoms with Gasteiger partial charge >= 0.3 is 0 Å². The molecule has 3 aromatic carbocycles. The number of benzene rings is 3. The van der Waals surface area contributed by atoms with Crippen molar-refractivity contribution in [1.82, 2.24) is 5.32 Å². The molecule has 0 aliphatic carbocycles. The predicted octanol–water partition coefficient (Wildman–Crippen LogP) is 6.91. The van der Waals surface area contributed by atoms with E-state index >= 15 is 0 Å². The Morgan fingerprint density at radius 2 is 1.75 bits per heavy atom. The van der Waals surface area contributed by atoms with E-state index in [9.17, 15) is 10.1 Å². The number of carbonyl (C=O) groups is 1. The van der Waals surface area contributed by atoms with Gasteiger partial charge in [0, 0.05) is 5.02 Å². The Hall–Kier alpha value is -2.09. The fraction of sp³-hybridized carbons (Fsp3) is 0.120.